The molecule has 0 saturated heterocycles. The van der Waals surface area contributed by atoms with E-state index in [0.29, 0.717) is 6.04 Å². The van der Waals surface area contributed by atoms with Gasteiger partial charge in [-0.2, -0.15) is 0 Å². The molecule has 0 radical (unpaired) electrons. The van der Waals surface area contributed by atoms with Crippen molar-refractivity contribution < 1.29 is 0 Å². The van der Waals surface area contributed by atoms with Crippen LogP contribution in [0.25, 0.3) is 0 Å². The van der Waals surface area contributed by atoms with E-state index >= 15 is 0 Å². The third kappa shape index (κ3) is 5.64. The van der Waals surface area contributed by atoms with Gasteiger partial charge in [0.2, 0.25) is 0 Å². The van der Waals surface area contributed by atoms with E-state index in [-0.39, 0.29) is 0 Å². The zero-order valence-electron chi connectivity index (χ0n) is 11.5. The average molecular weight is 254 g/mol. The van der Waals surface area contributed by atoms with Crippen LogP contribution in [0, 0.1) is 6.92 Å². The first-order valence-corrected chi connectivity index (χ1v) is 7.69. The van der Waals surface area contributed by atoms with Crippen LogP contribution in [0.1, 0.15) is 67.8 Å². The third-order valence-corrected chi connectivity index (χ3v) is 4.20. The Balaban J connectivity index is 2.19. The number of aryl methyl sites for hydroxylation is 1. The molecule has 1 atom stereocenters. The monoisotopic (exact) mass is 254 g/mol. The molecule has 1 rings (SSSR count). The van der Waals surface area contributed by atoms with Crippen molar-refractivity contribution in [3.05, 3.63) is 16.1 Å². The van der Waals surface area contributed by atoms with Crippen LogP contribution in [0.3, 0.4) is 0 Å². The Labute approximate surface area is 110 Å². The summed E-state index contributed by atoms with van der Waals surface area (Å²) in [6.07, 6.45) is 11.5. The molecular formula is C14H26N2S. The van der Waals surface area contributed by atoms with Gasteiger partial charge in [-0.25, -0.2) is 4.98 Å². The topological polar surface area (TPSA) is 24.9 Å². The van der Waals surface area contributed by atoms with Crippen molar-refractivity contribution in [1.29, 1.82) is 0 Å². The van der Waals surface area contributed by atoms with E-state index in [0.717, 1.165) is 0 Å². The Morgan fingerprint density at radius 1 is 1.24 bits per heavy atom. The number of rotatable bonds is 9. The molecule has 0 saturated carbocycles. The highest BCUT2D eigenvalue weighted by molar-refractivity contribution is 7.11. The summed E-state index contributed by atoms with van der Waals surface area (Å²) in [6.45, 7) is 4.34. The van der Waals surface area contributed by atoms with E-state index in [9.17, 15) is 0 Å². The second-order valence-electron chi connectivity index (χ2n) is 4.68. The first-order valence-electron chi connectivity index (χ1n) is 6.87. The summed E-state index contributed by atoms with van der Waals surface area (Å²) < 4.78 is 0. The molecule has 1 heterocycles. The number of thiazole rings is 1. The predicted octanol–water partition coefficient (Wildman–Crippen LogP) is 4.46. The van der Waals surface area contributed by atoms with E-state index < -0.39 is 0 Å². The fraction of sp³-hybridized carbons (Fsp3) is 0.786. The lowest BCUT2D eigenvalue weighted by Crippen LogP contribution is -2.14. The highest BCUT2D eigenvalue weighted by Gasteiger charge is 2.11. The van der Waals surface area contributed by atoms with Crippen molar-refractivity contribution >= 4 is 11.3 Å². The number of aromatic nitrogens is 1. The lowest BCUT2D eigenvalue weighted by Gasteiger charge is -2.13. The minimum absolute atomic E-state index is 0.507. The van der Waals surface area contributed by atoms with Gasteiger partial charge in [0.15, 0.2) is 0 Å². The van der Waals surface area contributed by atoms with Gasteiger partial charge in [-0.1, -0.05) is 45.4 Å². The number of hydrogen-bond donors (Lipinski definition) is 1. The smallest absolute Gasteiger partial charge is 0.0897 e. The van der Waals surface area contributed by atoms with Crippen LogP contribution in [0.15, 0.2) is 6.20 Å². The number of nitrogens with one attached hydrogen (secondary N) is 1. The molecule has 1 aromatic heterocycles. The quantitative estimate of drug-likeness (QED) is 0.658. The molecule has 0 aliphatic rings. The SMILES string of the molecule is CCCCCCCCC(NC)c1cnc(C)s1. The molecule has 0 aromatic carbocycles. The van der Waals surface area contributed by atoms with Crippen LogP contribution >= 0.6 is 11.3 Å². The molecule has 0 bridgehead atoms. The van der Waals surface area contributed by atoms with Crippen LogP contribution in [-0.2, 0) is 0 Å². The molecule has 0 aliphatic heterocycles. The van der Waals surface area contributed by atoms with E-state index in [4.69, 9.17) is 0 Å². The van der Waals surface area contributed by atoms with Gasteiger partial charge in [0, 0.05) is 17.1 Å². The van der Waals surface area contributed by atoms with Gasteiger partial charge in [0.1, 0.15) is 0 Å². The molecule has 1 unspecified atom stereocenters. The molecule has 17 heavy (non-hydrogen) atoms. The summed E-state index contributed by atoms with van der Waals surface area (Å²) in [7, 11) is 2.05. The Morgan fingerprint density at radius 2 is 1.94 bits per heavy atom. The molecular weight excluding hydrogens is 228 g/mol. The Hall–Kier alpha value is -0.410. The van der Waals surface area contributed by atoms with Gasteiger partial charge in [0.25, 0.3) is 0 Å². The fourth-order valence-electron chi connectivity index (χ4n) is 2.10. The molecule has 1 N–H and O–H groups in total. The van der Waals surface area contributed by atoms with Gasteiger partial charge in [-0.3, -0.25) is 0 Å². The van der Waals surface area contributed by atoms with Crippen molar-refractivity contribution in [2.75, 3.05) is 7.05 Å². The second kappa shape index (κ2) is 8.65. The zero-order chi connectivity index (χ0) is 12.5. The summed E-state index contributed by atoms with van der Waals surface area (Å²) in [5, 5.41) is 4.57. The molecule has 2 nitrogen and oxygen atoms in total. The van der Waals surface area contributed by atoms with E-state index in [1.807, 2.05) is 17.5 Å². The van der Waals surface area contributed by atoms with Crippen molar-refractivity contribution in [3.63, 3.8) is 0 Å². The van der Waals surface area contributed by atoms with Crippen molar-refractivity contribution in [3.8, 4) is 0 Å². The van der Waals surface area contributed by atoms with Crippen LogP contribution in [-0.4, -0.2) is 12.0 Å². The minimum atomic E-state index is 0.507. The predicted molar refractivity (Wildman–Crippen MR) is 76.6 cm³/mol. The molecule has 0 aliphatic carbocycles. The molecule has 3 heteroatoms. The zero-order valence-corrected chi connectivity index (χ0v) is 12.3. The van der Waals surface area contributed by atoms with E-state index in [1.165, 1.54) is 54.8 Å². The summed E-state index contributed by atoms with van der Waals surface area (Å²) in [5.74, 6) is 0. The molecule has 0 amide bonds. The molecule has 1 aromatic rings. The van der Waals surface area contributed by atoms with Crippen LogP contribution in [0.4, 0.5) is 0 Å². The van der Waals surface area contributed by atoms with Gasteiger partial charge in [-0.15, -0.1) is 11.3 Å². The highest BCUT2D eigenvalue weighted by Crippen LogP contribution is 2.24. The summed E-state index contributed by atoms with van der Waals surface area (Å²) in [4.78, 5) is 5.72. The van der Waals surface area contributed by atoms with Gasteiger partial charge >= 0.3 is 0 Å². The number of nitrogens with zero attached hydrogens (tertiary/aromatic N) is 1. The summed E-state index contributed by atoms with van der Waals surface area (Å²) >= 11 is 1.82. The molecule has 0 spiro atoms. The Morgan fingerprint density at radius 3 is 2.53 bits per heavy atom. The maximum atomic E-state index is 4.33. The fourth-order valence-corrected chi connectivity index (χ4v) is 3.03. The second-order valence-corrected chi connectivity index (χ2v) is 5.95. The minimum Gasteiger partial charge on any atom is -0.312 e. The standard InChI is InChI=1S/C14H26N2S/c1-4-5-6-7-8-9-10-13(15-3)14-11-16-12(2)17-14/h11,13,15H,4-10H2,1-3H3. The normalized spacial score (nSPS) is 12.9. The molecule has 98 valence electrons. The Bertz CT molecular complexity index is 296. The van der Waals surface area contributed by atoms with Crippen molar-refractivity contribution in [1.82, 2.24) is 10.3 Å². The van der Waals surface area contributed by atoms with Crippen molar-refractivity contribution in [2.45, 2.75) is 64.8 Å². The van der Waals surface area contributed by atoms with Gasteiger partial charge < -0.3 is 5.32 Å². The summed E-state index contributed by atoms with van der Waals surface area (Å²) in [5.41, 5.74) is 0. The third-order valence-electron chi connectivity index (χ3n) is 3.18. The molecule has 0 fully saturated rings. The first kappa shape index (κ1) is 14.7. The Kier molecular flexibility index (Phi) is 7.45. The average Bonchev–Trinajstić information content (AvgIpc) is 2.75. The van der Waals surface area contributed by atoms with Crippen LogP contribution in [0.5, 0.6) is 0 Å². The lowest BCUT2D eigenvalue weighted by molar-refractivity contribution is 0.503. The van der Waals surface area contributed by atoms with Gasteiger partial charge in [-0.05, 0) is 20.4 Å². The van der Waals surface area contributed by atoms with Gasteiger partial charge in [0.05, 0.1) is 5.01 Å². The van der Waals surface area contributed by atoms with Crippen LogP contribution < -0.4 is 5.32 Å². The highest BCUT2D eigenvalue weighted by atomic mass is 32.1. The maximum absolute atomic E-state index is 4.33. The van der Waals surface area contributed by atoms with Crippen LogP contribution in [0.2, 0.25) is 0 Å². The summed E-state index contributed by atoms with van der Waals surface area (Å²) in [6, 6.07) is 0.507. The van der Waals surface area contributed by atoms with E-state index in [2.05, 4.69) is 31.2 Å². The number of unbranched alkanes of at least 4 members (excludes halogenated alkanes) is 5. The first-order chi connectivity index (χ1) is 8.27. The number of hydrogen-bond acceptors (Lipinski definition) is 3. The van der Waals surface area contributed by atoms with Crippen molar-refractivity contribution in [2.24, 2.45) is 0 Å². The largest absolute Gasteiger partial charge is 0.312 e. The lowest BCUT2D eigenvalue weighted by atomic mass is 10.1. The maximum Gasteiger partial charge on any atom is 0.0897 e. The van der Waals surface area contributed by atoms with E-state index in [1.54, 1.807) is 0 Å².